The summed E-state index contributed by atoms with van der Waals surface area (Å²) in [6.07, 6.45) is 2.24. The van der Waals surface area contributed by atoms with E-state index in [2.05, 4.69) is 18.7 Å². The largest absolute Gasteiger partial charge is 0.496 e. The number of hydrogen-bond acceptors (Lipinski definition) is 3. The first-order valence-electron chi connectivity index (χ1n) is 8.31. The SMILES string of the molecule is COc1ccc(F)cc1C(CN)C1CCN(CC(C)C)CC1. The topological polar surface area (TPSA) is 38.5 Å². The molecule has 1 unspecified atom stereocenters. The molecule has 0 amide bonds. The van der Waals surface area contributed by atoms with Crippen molar-refractivity contribution in [1.82, 2.24) is 4.90 Å². The number of nitrogens with two attached hydrogens (primary N) is 1. The van der Waals surface area contributed by atoms with Crippen LogP contribution in [0.3, 0.4) is 0 Å². The number of rotatable bonds is 6. The summed E-state index contributed by atoms with van der Waals surface area (Å²) >= 11 is 0. The van der Waals surface area contributed by atoms with Gasteiger partial charge in [0.25, 0.3) is 0 Å². The van der Waals surface area contributed by atoms with Gasteiger partial charge in [0, 0.05) is 18.0 Å². The molecule has 0 radical (unpaired) electrons. The third-order valence-corrected chi connectivity index (χ3v) is 4.67. The molecule has 1 fully saturated rings. The second-order valence-electron chi connectivity index (χ2n) is 6.76. The summed E-state index contributed by atoms with van der Waals surface area (Å²) in [5.41, 5.74) is 6.96. The number of benzene rings is 1. The van der Waals surface area contributed by atoms with Gasteiger partial charge >= 0.3 is 0 Å². The third-order valence-electron chi connectivity index (χ3n) is 4.67. The summed E-state index contributed by atoms with van der Waals surface area (Å²) in [5.74, 6) is 1.91. The Labute approximate surface area is 133 Å². The molecule has 0 aromatic heterocycles. The molecule has 0 aliphatic carbocycles. The molecule has 124 valence electrons. The molecule has 0 saturated carbocycles. The van der Waals surface area contributed by atoms with E-state index in [9.17, 15) is 4.39 Å². The van der Waals surface area contributed by atoms with Crippen LogP contribution in [0.1, 0.15) is 38.2 Å². The molecule has 22 heavy (non-hydrogen) atoms. The van der Waals surface area contributed by atoms with Gasteiger partial charge in [0.2, 0.25) is 0 Å². The Bertz CT molecular complexity index is 470. The Kier molecular flexibility index (Phi) is 6.21. The molecule has 3 nitrogen and oxygen atoms in total. The van der Waals surface area contributed by atoms with Gasteiger partial charge in [-0.2, -0.15) is 0 Å². The fraction of sp³-hybridized carbons (Fsp3) is 0.667. The summed E-state index contributed by atoms with van der Waals surface area (Å²) < 4.78 is 19.1. The zero-order valence-electron chi connectivity index (χ0n) is 14.0. The van der Waals surface area contributed by atoms with E-state index in [4.69, 9.17) is 10.5 Å². The van der Waals surface area contributed by atoms with Crippen LogP contribution in [0.25, 0.3) is 0 Å². The van der Waals surface area contributed by atoms with E-state index in [1.54, 1.807) is 19.2 Å². The molecular formula is C18H29FN2O. The predicted octanol–water partition coefficient (Wildman–Crippen LogP) is 3.24. The number of nitrogens with zero attached hydrogens (tertiary/aromatic N) is 1. The first kappa shape index (κ1) is 17.2. The average molecular weight is 308 g/mol. The van der Waals surface area contributed by atoms with Crippen LogP contribution in [0.15, 0.2) is 18.2 Å². The molecule has 0 bridgehead atoms. The van der Waals surface area contributed by atoms with E-state index < -0.39 is 0 Å². The Morgan fingerprint density at radius 3 is 2.55 bits per heavy atom. The fourth-order valence-corrected chi connectivity index (χ4v) is 3.62. The highest BCUT2D eigenvalue weighted by Crippen LogP contribution is 2.37. The Morgan fingerprint density at radius 2 is 2.00 bits per heavy atom. The van der Waals surface area contributed by atoms with Crippen molar-refractivity contribution in [2.75, 3.05) is 33.3 Å². The second-order valence-corrected chi connectivity index (χ2v) is 6.76. The lowest BCUT2D eigenvalue weighted by Gasteiger charge is -2.37. The summed E-state index contributed by atoms with van der Waals surface area (Å²) in [6, 6.07) is 4.75. The maximum absolute atomic E-state index is 13.6. The Balaban J connectivity index is 2.08. The second kappa shape index (κ2) is 7.93. The quantitative estimate of drug-likeness (QED) is 0.877. The summed E-state index contributed by atoms with van der Waals surface area (Å²) in [6.45, 7) is 8.42. The van der Waals surface area contributed by atoms with Gasteiger partial charge in [-0.25, -0.2) is 4.39 Å². The first-order chi connectivity index (χ1) is 10.5. The minimum absolute atomic E-state index is 0.173. The molecule has 1 aliphatic heterocycles. The zero-order valence-corrected chi connectivity index (χ0v) is 14.0. The van der Waals surface area contributed by atoms with Gasteiger partial charge in [-0.3, -0.25) is 0 Å². The molecule has 1 aliphatic rings. The van der Waals surface area contributed by atoms with E-state index >= 15 is 0 Å². The monoisotopic (exact) mass is 308 g/mol. The molecule has 4 heteroatoms. The van der Waals surface area contributed by atoms with Crippen LogP contribution < -0.4 is 10.5 Å². The van der Waals surface area contributed by atoms with Crippen LogP contribution >= 0.6 is 0 Å². The van der Waals surface area contributed by atoms with Crippen LogP contribution in [0.5, 0.6) is 5.75 Å². The normalized spacial score (nSPS) is 18.6. The van der Waals surface area contributed by atoms with Gasteiger partial charge in [-0.1, -0.05) is 13.8 Å². The summed E-state index contributed by atoms with van der Waals surface area (Å²) in [5, 5.41) is 0. The molecule has 1 heterocycles. The number of likely N-dealkylation sites (tertiary alicyclic amines) is 1. The number of hydrogen-bond donors (Lipinski definition) is 1. The van der Waals surface area contributed by atoms with E-state index in [0.717, 1.165) is 43.8 Å². The molecule has 1 aromatic rings. The van der Waals surface area contributed by atoms with Gasteiger partial charge in [0.1, 0.15) is 11.6 Å². The maximum Gasteiger partial charge on any atom is 0.123 e. The highest BCUT2D eigenvalue weighted by Gasteiger charge is 2.29. The third kappa shape index (κ3) is 4.20. The Morgan fingerprint density at radius 1 is 1.32 bits per heavy atom. The van der Waals surface area contributed by atoms with Crippen molar-refractivity contribution in [3.63, 3.8) is 0 Å². The standard InChI is InChI=1S/C18H29FN2O/c1-13(2)12-21-8-6-14(7-9-21)17(11-20)16-10-15(19)4-5-18(16)22-3/h4-5,10,13-14,17H,6-9,11-12,20H2,1-3H3. The lowest BCUT2D eigenvalue weighted by atomic mass is 9.79. The average Bonchev–Trinajstić information content (AvgIpc) is 2.49. The molecule has 1 atom stereocenters. The van der Waals surface area contributed by atoms with Crippen molar-refractivity contribution < 1.29 is 9.13 Å². The lowest BCUT2D eigenvalue weighted by Crippen LogP contribution is -2.38. The molecule has 2 rings (SSSR count). The summed E-state index contributed by atoms with van der Waals surface area (Å²) in [4.78, 5) is 2.53. The van der Waals surface area contributed by atoms with Crippen LogP contribution in [0.2, 0.25) is 0 Å². The minimum atomic E-state index is -0.216. The number of methoxy groups -OCH3 is 1. The fourth-order valence-electron chi connectivity index (χ4n) is 3.62. The highest BCUT2D eigenvalue weighted by atomic mass is 19.1. The van der Waals surface area contributed by atoms with Crippen LogP contribution in [0, 0.1) is 17.7 Å². The molecular weight excluding hydrogens is 279 g/mol. The number of piperidine rings is 1. The van der Waals surface area contributed by atoms with Crippen molar-refractivity contribution in [2.45, 2.75) is 32.6 Å². The number of ether oxygens (including phenoxy) is 1. The van der Waals surface area contributed by atoms with Crippen molar-refractivity contribution in [2.24, 2.45) is 17.6 Å². The zero-order chi connectivity index (χ0) is 16.1. The van der Waals surface area contributed by atoms with E-state index in [0.29, 0.717) is 18.4 Å². The Hall–Kier alpha value is -1.13. The van der Waals surface area contributed by atoms with Gasteiger partial charge in [-0.15, -0.1) is 0 Å². The van der Waals surface area contributed by atoms with Crippen LogP contribution in [-0.4, -0.2) is 38.2 Å². The molecule has 1 aromatic carbocycles. The van der Waals surface area contributed by atoms with Crippen molar-refractivity contribution in [3.8, 4) is 5.75 Å². The van der Waals surface area contributed by atoms with Gasteiger partial charge in [-0.05, 0) is 62.5 Å². The first-order valence-corrected chi connectivity index (χ1v) is 8.31. The lowest BCUT2D eigenvalue weighted by molar-refractivity contribution is 0.154. The van der Waals surface area contributed by atoms with E-state index in [-0.39, 0.29) is 11.7 Å². The van der Waals surface area contributed by atoms with Gasteiger partial charge in [0.15, 0.2) is 0 Å². The van der Waals surface area contributed by atoms with E-state index in [1.807, 2.05) is 0 Å². The smallest absolute Gasteiger partial charge is 0.123 e. The van der Waals surface area contributed by atoms with Crippen molar-refractivity contribution in [3.05, 3.63) is 29.6 Å². The highest BCUT2D eigenvalue weighted by molar-refractivity contribution is 5.37. The van der Waals surface area contributed by atoms with Crippen molar-refractivity contribution in [1.29, 1.82) is 0 Å². The van der Waals surface area contributed by atoms with Crippen LogP contribution in [-0.2, 0) is 0 Å². The molecule has 1 saturated heterocycles. The predicted molar refractivity (Wildman–Crippen MR) is 88.7 cm³/mol. The van der Waals surface area contributed by atoms with Gasteiger partial charge in [0.05, 0.1) is 7.11 Å². The molecule has 2 N–H and O–H groups in total. The van der Waals surface area contributed by atoms with Crippen molar-refractivity contribution >= 4 is 0 Å². The maximum atomic E-state index is 13.6. The summed E-state index contributed by atoms with van der Waals surface area (Å²) in [7, 11) is 1.63. The molecule has 0 spiro atoms. The number of halogens is 1. The van der Waals surface area contributed by atoms with Gasteiger partial charge < -0.3 is 15.4 Å². The minimum Gasteiger partial charge on any atom is -0.496 e. The van der Waals surface area contributed by atoms with Crippen LogP contribution in [0.4, 0.5) is 4.39 Å². The van der Waals surface area contributed by atoms with E-state index in [1.165, 1.54) is 6.07 Å².